The van der Waals surface area contributed by atoms with Gasteiger partial charge in [-0.3, -0.25) is 9.59 Å². The Hall–Kier alpha value is -3.26. The molecule has 2 aromatic rings. The fourth-order valence-electron chi connectivity index (χ4n) is 3.42. The van der Waals surface area contributed by atoms with Crippen LogP contribution in [0.25, 0.3) is 0 Å². The van der Waals surface area contributed by atoms with E-state index in [-0.39, 0.29) is 18.4 Å². The summed E-state index contributed by atoms with van der Waals surface area (Å²) in [5.41, 5.74) is 2.23. The number of para-hydroxylation sites is 1. The predicted molar refractivity (Wildman–Crippen MR) is 111 cm³/mol. The van der Waals surface area contributed by atoms with Gasteiger partial charge in [0.2, 0.25) is 5.91 Å². The van der Waals surface area contributed by atoms with Crippen LogP contribution in [0.3, 0.4) is 0 Å². The number of nitrogens with one attached hydrogen (secondary N) is 1. The van der Waals surface area contributed by atoms with Crippen LogP contribution in [0.5, 0.6) is 17.2 Å². The third-order valence-electron chi connectivity index (χ3n) is 4.79. The lowest BCUT2D eigenvalue weighted by molar-refractivity contribution is -0.138. The van der Waals surface area contributed by atoms with E-state index in [9.17, 15) is 9.59 Å². The summed E-state index contributed by atoms with van der Waals surface area (Å²) in [5, 5.41) is 2.77. The Bertz CT molecular complexity index is 930. The molecule has 1 N–H and O–H groups in total. The fraction of sp³-hybridized carbons (Fsp3) is 0.364. The SMILES string of the molecule is COCC(=O)Nc1ccc2c(c1)CN(Cc1cccc(OC)c1OC)C(=O)[C@@H](C)O2. The number of fused-ring (bicyclic) bond motifs is 1. The standard InChI is InChI=1S/C22H26N2O6/c1-14-22(26)24(11-15-6-5-7-19(28-3)21(15)29-4)12-16-10-17(8-9-18(16)30-14)23-20(25)13-27-2/h5-10,14H,11-13H2,1-4H3,(H,23,25)/t14-/m1/s1. The highest BCUT2D eigenvalue weighted by Crippen LogP contribution is 2.34. The molecular formula is C22H26N2O6. The summed E-state index contributed by atoms with van der Waals surface area (Å²) in [6.07, 6.45) is -0.642. The monoisotopic (exact) mass is 414 g/mol. The maximum Gasteiger partial charge on any atom is 0.263 e. The van der Waals surface area contributed by atoms with Crippen LogP contribution < -0.4 is 19.5 Å². The highest BCUT2D eigenvalue weighted by molar-refractivity contribution is 5.92. The number of hydrogen-bond acceptors (Lipinski definition) is 6. The zero-order valence-electron chi connectivity index (χ0n) is 17.6. The maximum atomic E-state index is 13.0. The van der Waals surface area contributed by atoms with Crippen LogP contribution in [0.2, 0.25) is 0 Å². The van der Waals surface area contributed by atoms with Crippen molar-refractivity contribution >= 4 is 17.5 Å². The largest absolute Gasteiger partial charge is 0.493 e. The maximum absolute atomic E-state index is 13.0. The quantitative estimate of drug-likeness (QED) is 0.750. The van der Waals surface area contributed by atoms with Gasteiger partial charge >= 0.3 is 0 Å². The van der Waals surface area contributed by atoms with Gasteiger partial charge in [-0.15, -0.1) is 0 Å². The topological polar surface area (TPSA) is 86.3 Å². The third kappa shape index (κ3) is 4.65. The summed E-state index contributed by atoms with van der Waals surface area (Å²) in [5.74, 6) is 1.41. The predicted octanol–water partition coefficient (Wildman–Crippen LogP) is 2.60. The Kier molecular flexibility index (Phi) is 6.79. The number of methoxy groups -OCH3 is 3. The van der Waals surface area contributed by atoms with E-state index in [4.69, 9.17) is 18.9 Å². The van der Waals surface area contributed by atoms with E-state index in [1.165, 1.54) is 7.11 Å². The van der Waals surface area contributed by atoms with Crippen LogP contribution in [0.4, 0.5) is 5.69 Å². The average Bonchev–Trinajstić information content (AvgIpc) is 2.84. The number of benzene rings is 2. The highest BCUT2D eigenvalue weighted by Gasteiger charge is 2.29. The minimum absolute atomic E-state index is 0.0368. The number of hydrogen-bond donors (Lipinski definition) is 1. The lowest BCUT2D eigenvalue weighted by atomic mass is 10.1. The van der Waals surface area contributed by atoms with Crippen LogP contribution in [-0.2, 0) is 27.4 Å². The molecule has 3 rings (SSSR count). The molecule has 0 saturated carbocycles. The second kappa shape index (κ2) is 9.49. The van der Waals surface area contributed by atoms with Gasteiger partial charge < -0.3 is 29.2 Å². The lowest BCUT2D eigenvalue weighted by Gasteiger charge is -2.24. The molecule has 0 radical (unpaired) electrons. The van der Waals surface area contributed by atoms with Gasteiger partial charge in [0, 0.05) is 37.0 Å². The summed E-state index contributed by atoms with van der Waals surface area (Å²) >= 11 is 0. The number of rotatable bonds is 7. The Morgan fingerprint density at radius 2 is 2.00 bits per heavy atom. The van der Waals surface area contributed by atoms with Gasteiger partial charge in [-0.25, -0.2) is 0 Å². The van der Waals surface area contributed by atoms with Gasteiger partial charge in [0.05, 0.1) is 14.2 Å². The normalized spacial score (nSPS) is 15.7. The van der Waals surface area contributed by atoms with Crippen molar-refractivity contribution in [1.29, 1.82) is 0 Å². The molecule has 0 fully saturated rings. The Morgan fingerprint density at radius 3 is 2.70 bits per heavy atom. The molecule has 0 saturated heterocycles. The van der Waals surface area contributed by atoms with Gasteiger partial charge in [-0.05, 0) is 31.2 Å². The molecule has 1 aliphatic rings. The first kappa shape index (κ1) is 21.4. The molecule has 1 heterocycles. The van der Waals surface area contributed by atoms with Crippen molar-refractivity contribution in [3.63, 3.8) is 0 Å². The van der Waals surface area contributed by atoms with Gasteiger partial charge in [0.15, 0.2) is 17.6 Å². The molecule has 160 valence electrons. The highest BCUT2D eigenvalue weighted by atomic mass is 16.5. The third-order valence-corrected chi connectivity index (χ3v) is 4.79. The summed E-state index contributed by atoms with van der Waals surface area (Å²) in [7, 11) is 4.61. The minimum Gasteiger partial charge on any atom is -0.493 e. The van der Waals surface area contributed by atoms with Crippen molar-refractivity contribution in [1.82, 2.24) is 4.90 Å². The van der Waals surface area contributed by atoms with Crippen molar-refractivity contribution in [3.8, 4) is 17.2 Å². The molecule has 0 spiro atoms. The summed E-state index contributed by atoms with van der Waals surface area (Å²) in [4.78, 5) is 26.5. The first-order valence-corrected chi connectivity index (χ1v) is 9.53. The van der Waals surface area contributed by atoms with Crippen molar-refractivity contribution in [2.45, 2.75) is 26.1 Å². The number of nitrogens with zero attached hydrogens (tertiary/aromatic N) is 1. The Labute approximate surface area is 175 Å². The van der Waals surface area contributed by atoms with Crippen LogP contribution in [0.1, 0.15) is 18.1 Å². The van der Waals surface area contributed by atoms with E-state index in [2.05, 4.69) is 5.32 Å². The first-order valence-electron chi connectivity index (χ1n) is 9.53. The van der Waals surface area contributed by atoms with E-state index in [1.807, 2.05) is 24.3 Å². The van der Waals surface area contributed by atoms with Crippen molar-refractivity contribution in [3.05, 3.63) is 47.5 Å². The molecule has 0 aromatic heterocycles. The Balaban J connectivity index is 1.89. The average molecular weight is 414 g/mol. The summed E-state index contributed by atoms with van der Waals surface area (Å²) < 4.78 is 21.6. The van der Waals surface area contributed by atoms with Gasteiger partial charge in [0.1, 0.15) is 12.4 Å². The zero-order valence-corrected chi connectivity index (χ0v) is 17.6. The molecule has 2 amide bonds. The second-order valence-corrected chi connectivity index (χ2v) is 6.91. The number of ether oxygens (including phenoxy) is 4. The van der Waals surface area contributed by atoms with E-state index >= 15 is 0 Å². The summed E-state index contributed by atoms with van der Waals surface area (Å²) in [6, 6.07) is 10.9. The van der Waals surface area contributed by atoms with Gasteiger partial charge in [-0.1, -0.05) is 12.1 Å². The van der Waals surface area contributed by atoms with Gasteiger partial charge in [-0.2, -0.15) is 0 Å². The number of carbonyl (C=O) groups excluding carboxylic acids is 2. The minimum atomic E-state index is -0.642. The van der Waals surface area contributed by atoms with Crippen molar-refractivity contribution in [2.75, 3.05) is 33.3 Å². The van der Waals surface area contributed by atoms with Crippen molar-refractivity contribution in [2.24, 2.45) is 0 Å². The van der Waals surface area contributed by atoms with Crippen LogP contribution in [-0.4, -0.2) is 50.8 Å². The number of anilines is 1. The molecule has 0 unspecified atom stereocenters. The van der Waals surface area contributed by atoms with Crippen molar-refractivity contribution < 1.29 is 28.5 Å². The second-order valence-electron chi connectivity index (χ2n) is 6.91. The molecular weight excluding hydrogens is 388 g/mol. The molecule has 0 bridgehead atoms. The molecule has 1 aliphatic heterocycles. The number of carbonyl (C=O) groups is 2. The molecule has 1 atom stereocenters. The van der Waals surface area contributed by atoms with Crippen LogP contribution in [0, 0.1) is 0 Å². The van der Waals surface area contributed by atoms with Gasteiger partial charge in [0.25, 0.3) is 5.91 Å². The van der Waals surface area contributed by atoms with E-state index in [0.717, 1.165) is 11.1 Å². The molecule has 0 aliphatic carbocycles. The molecule has 30 heavy (non-hydrogen) atoms. The summed E-state index contributed by atoms with van der Waals surface area (Å²) in [6.45, 7) is 2.34. The zero-order chi connectivity index (χ0) is 21.7. The van der Waals surface area contributed by atoms with Crippen LogP contribution >= 0.6 is 0 Å². The van der Waals surface area contributed by atoms with Crippen LogP contribution in [0.15, 0.2) is 36.4 Å². The molecule has 8 nitrogen and oxygen atoms in total. The fourth-order valence-corrected chi connectivity index (χ4v) is 3.42. The van der Waals surface area contributed by atoms with E-state index in [1.54, 1.807) is 38.2 Å². The van der Waals surface area contributed by atoms with E-state index in [0.29, 0.717) is 36.0 Å². The smallest absolute Gasteiger partial charge is 0.263 e. The Morgan fingerprint density at radius 1 is 1.20 bits per heavy atom. The molecule has 8 heteroatoms. The molecule has 2 aromatic carbocycles. The first-order chi connectivity index (χ1) is 14.5. The van der Waals surface area contributed by atoms with E-state index < -0.39 is 6.10 Å². The lowest BCUT2D eigenvalue weighted by Crippen LogP contribution is -2.37. The number of amides is 2.